The van der Waals surface area contributed by atoms with Gasteiger partial charge >= 0.3 is 0 Å². The Hall–Kier alpha value is -0.890. The number of aryl methyl sites for hydroxylation is 2. The molecule has 0 saturated heterocycles. The summed E-state index contributed by atoms with van der Waals surface area (Å²) in [6.07, 6.45) is 3.10. The number of aromatic amines is 1. The fourth-order valence-corrected chi connectivity index (χ4v) is 1.85. The number of benzene rings is 1. The van der Waals surface area contributed by atoms with Crippen LogP contribution in [0, 0.1) is 6.92 Å². The quantitative estimate of drug-likeness (QED) is 0.679. The largest absolute Gasteiger partial charge is 0.361 e. The van der Waals surface area contributed by atoms with Gasteiger partial charge in [-0.15, -0.1) is 0 Å². The van der Waals surface area contributed by atoms with Gasteiger partial charge in [0.25, 0.3) is 0 Å². The lowest BCUT2D eigenvalue weighted by molar-refractivity contribution is 1.17. The fourth-order valence-electron chi connectivity index (χ4n) is 1.59. The first-order valence-corrected chi connectivity index (χ1v) is 5.12. The molecule has 0 aliphatic heterocycles. The summed E-state index contributed by atoms with van der Waals surface area (Å²) in [5.74, 6) is 0.912. The minimum atomic E-state index is 0.912. The SMILES string of the molecule is Cc1c[nH]c2ccc(CCS)cc12. The van der Waals surface area contributed by atoms with E-state index in [4.69, 9.17) is 0 Å². The highest BCUT2D eigenvalue weighted by Gasteiger charge is 1.99. The van der Waals surface area contributed by atoms with Crippen LogP contribution >= 0.6 is 12.6 Å². The summed E-state index contributed by atoms with van der Waals surface area (Å²) in [4.78, 5) is 3.24. The summed E-state index contributed by atoms with van der Waals surface area (Å²) < 4.78 is 0. The maximum Gasteiger partial charge on any atom is 0.0456 e. The van der Waals surface area contributed by atoms with Gasteiger partial charge in [-0.1, -0.05) is 6.07 Å². The Morgan fingerprint density at radius 3 is 3.00 bits per heavy atom. The van der Waals surface area contributed by atoms with Gasteiger partial charge in [0, 0.05) is 17.1 Å². The van der Waals surface area contributed by atoms with E-state index in [1.165, 1.54) is 22.0 Å². The molecule has 1 heterocycles. The molecule has 1 nitrogen and oxygen atoms in total. The van der Waals surface area contributed by atoms with Gasteiger partial charge in [0.1, 0.15) is 0 Å². The lowest BCUT2D eigenvalue weighted by Crippen LogP contribution is -1.85. The van der Waals surface area contributed by atoms with Gasteiger partial charge in [-0.05, 0) is 42.4 Å². The highest BCUT2D eigenvalue weighted by atomic mass is 32.1. The summed E-state index contributed by atoms with van der Waals surface area (Å²) in [7, 11) is 0. The second kappa shape index (κ2) is 3.46. The molecular formula is C11H13NS. The maximum absolute atomic E-state index is 4.23. The third-order valence-corrected chi connectivity index (χ3v) is 2.58. The smallest absolute Gasteiger partial charge is 0.0456 e. The van der Waals surface area contributed by atoms with E-state index in [0.717, 1.165) is 12.2 Å². The number of nitrogens with one attached hydrogen (secondary N) is 1. The average molecular weight is 191 g/mol. The van der Waals surface area contributed by atoms with Crippen LogP contribution in [0.15, 0.2) is 24.4 Å². The Morgan fingerprint density at radius 2 is 2.23 bits per heavy atom. The fraction of sp³-hybridized carbons (Fsp3) is 0.273. The predicted molar refractivity (Wildman–Crippen MR) is 60.6 cm³/mol. The number of thiol groups is 1. The minimum Gasteiger partial charge on any atom is -0.361 e. The van der Waals surface area contributed by atoms with Gasteiger partial charge in [0.15, 0.2) is 0 Å². The van der Waals surface area contributed by atoms with E-state index in [2.05, 4.69) is 48.9 Å². The van der Waals surface area contributed by atoms with Crippen LogP contribution in [-0.2, 0) is 6.42 Å². The number of hydrogen-bond donors (Lipinski definition) is 2. The second-order valence-electron chi connectivity index (χ2n) is 3.33. The van der Waals surface area contributed by atoms with Crippen molar-refractivity contribution in [3.8, 4) is 0 Å². The molecule has 0 radical (unpaired) electrons. The molecule has 13 heavy (non-hydrogen) atoms. The molecule has 0 aliphatic carbocycles. The number of hydrogen-bond acceptors (Lipinski definition) is 1. The maximum atomic E-state index is 4.23. The van der Waals surface area contributed by atoms with E-state index in [1.807, 2.05) is 0 Å². The molecule has 0 fully saturated rings. The van der Waals surface area contributed by atoms with Crippen molar-refractivity contribution >= 4 is 23.5 Å². The highest BCUT2D eigenvalue weighted by Crippen LogP contribution is 2.19. The van der Waals surface area contributed by atoms with Crippen molar-refractivity contribution in [1.82, 2.24) is 4.98 Å². The second-order valence-corrected chi connectivity index (χ2v) is 3.77. The predicted octanol–water partition coefficient (Wildman–Crippen LogP) is 2.95. The van der Waals surface area contributed by atoms with E-state index in [-0.39, 0.29) is 0 Å². The molecule has 1 aromatic carbocycles. The molecule has 68 valence electrons. The Balaban J connectivity index is 2.53. The first-order chi connectivity index (χ1) is 6.31. The van der Waals surface area contributed by atoms with Crippen molar-refractivity contribution in [1.29, 1.82) is 0 Å². The van der Waals surface area contributed by atoms with Crippen molar-refractivity contribution in [3.05, 3.63) is 35.5 Å². The molecule has 0 saturated carbocycles. The van der Waals surface area contributed by atoms with Crippen molar-refractivity contribution in [2.45, 2.75) is 13.3 Å². The number of rotatable bonds is 2. The van der Waals surface area contributed by atoms with E-state index >= 15 is 0 Å². The van der Waals surface area contributed by atoms with Crippen molar-refractivity contribution in [2.75, 3.05) is 5.75 Å². The van der Waals surface area contributed by atoms with Crippen LogP contribution < -0.4 is 0 Å². The van der Waals surface area contributed by atoms with Crippen LogP contribution in [0.25, 0.3) is 10.9 Å². The monoisotopic (exact) mass is 191 g/mol. The number of H-pyrrole nitrogens is 1. The van der Waals surface area contributed by atoms with E-state index < -0.39 is 0 Å². The van der Waals surface area contributed by atoms with E-state index in [1.54, 1.807) is 0 Å². The third-order valence-electron chi connectivity index (χ3n) is 2.35. The van der Waals surface area contributed by atoms with Gasteiger partial charge in [-0.25, -0.2) is 0 Å². The van der Waals surface area contributed by atoms with Crippen molar-refractivity contribution in [3.63, 3.8) is 0 Å². The lowest BCUT2D eigenvalue weighted by Gasteiger charge is -1.98. The molecule has 0 amide bonds. The van der Waals surface area contributed by atoms with Gasteiger partial charge in [0.05, 0.1) is 0 Å². The molecule has 1 aromatic heterocycles. The first-order valence-electron chi connectivity index (χ1n) is 4.49. The average Bonchev–Trinajstić information content (AvgIpc) is 2.49. The molecule has 2 rings (SSSR count). The summed E-state index contributed by atoms with van der Waals surface area (Å²) in [5.41, 5.74) is 3.90. The van der Waals surface area contributed by atoms with Gasteiger partial charge in [-0.2, -0.15) is 12.6 Å². The van der Waals surface area contributed by atoms with Crippen LogP contribution in [-0.4, -0.2) is 10.7 Å². The number of fused-ring (bicyclic) bond motifs is 1. The zero-order chi connectivity index (χ0) is 9.26. The molecule has 2 aromatic rings. The van der Waals surface area contributed by atoms with Crippen LogP contribution in [0.3, 0.4) is 0 Å². The van der Waals surface area contributed by atoms with Gasteiger partial charge in [-0.3, -0.25) is 0 Å². The minimum absolute atomic E-state index is 0.912. The van der Waals surface area contributed by atoms with E-state index in [0.29, 0.717) is 0 Å². The first kappa shape index (κ1) is 8.70. The van der Waals surface area contributed by atoms with Crippen LogP contribution in [0.5, 0.6) is 0 Å². The van der Waals surface area contributed by atoms with Gasteiger partial charge in [0.2, 0.25) is 0 Å². The number of aromatic nitrogens is 1. The molecule has 0 unspecified atom stereocenters. The highest BCUT2D eigenvalue weighted by molar-refractivity contribution is 7.80. The standard InChI is InChI=1S/C11H13NS/c1-8-7-12-11-3-2-9(4-5-13)6-10(8)11/h2-3,6-7,12-13H,4-5H2,1H3. The summed E-state index contributed by atoms with van der Waals surface area (Å²) in [6, 6.07) is 6.55. The topological polar surface area (TPSA) is 15.8 Å². The zero-order valence-corrected chi connectivity index (χ0v) is 8.57. The lowest BCUT2D eigenvalue weighted by atomic mass is 10.1. The summed E-state index contributed by atoms with van der Waals surface area (Å²) >= 11 is 4.23. The molecule has 0 atom stereocenters. The molecule has 1 N–H and O–H groups in total. The third kappa shape index (κ3) is 1.59. The zero-order valence-electron chi connectivity index (χ0n) is 7.67. The van der Waals surface area contributed by atoms with Crippen LogP contribution in [0.1, 0.15) is 11.1 Å². The van der Waals surface area contributed by atoms with E-state index in [9.17, 15) is 0 Å². The molecule has 2 heteroatoms. The van der Waals surface area contributed by atoms with Crippen LogP contribution in [0.2, 0.25) is 0 Å². The molecule has 0 aliphatic rings. The normalized spacial score (nSPS) is 10.9. The molecule has 0 bridgehead atoms. The Labute approximate surface area is 83.6 Å². The summed E-state index contributed by atoms with van der Waals surface area (Å²) in [5, 5.41) is 1.33. The molecular weight excluding hydrogens is 178 g/mol. The Kier molecular flexibility index (Phi) is 2.32. The van der Waals surface area contributed by atoms with Crippen LogP contribution in [0.4, 0.5) is 0 Å². The summed E-state index contributed by atoms with van der Waals surface area (Å²) in [6.45, 7) is 2.13. The Morgan fingerprint density at radius 1 is 1.38 bits per heavy atom. The van der Waals surface area contributed by atoms with Gasteiger partial charge < -0.3 is 4.98 Å². The van der Waals surface area contributed by atoms with Crippen molar-refractivity contribution in [2.24, 2.45) is 0 Å². The molecule has 0 spiro atoms. The Bertz CT molecular complexity index is 417. The van der Waals surface area contributed by atoms with Crippen molar-refractivity contribution < 1.29 is 0 Å².